The fraction of sp³-hybridized carbons (Fsp3) is 0.429. The number of aryl methyl sites for hydroxylation is 2. The molecular weight excluding hydrogens is 548 g/mol. The first-order valence-corrected chi connectivity index (χ1v) is 15.2. The highest BCUT2D eigenvalue weighted by Gasteiger charge is 2.32. The number of nitrogens with two attached hydrogens (primary N) is 1. The molecule has 0 bridgehead atoms. The Bertz CT molecular complexity index is 1400. The molecule has 0 saturated heterocycles. The summed E-state index contributed by atoms with van der Waals surface area (Å²) in [5.74, 6) is -2.52. The molecular formula is C35H43F2N3O3. The van der Waals surface area contributed by atoms with Crippen LogP contribution in [0.15, 0.2) is 60.7 Å². The summed E-state index contributed by atoms with van der Waals surface area (Å²) in [6, 6.07) is 15.9. The predicted molar refractivity (Wildman–Crippen MR) is 165 cm³/mol. The van der Waals surface area contributed by atoms with Crippen molar-refractivity contribution in [2.45, 2.75) is 83.5 Å². The third kappa shape index (κ3) is 8.71. The van der Waals surface area contributed by atoms with Crippen molar-refractivity contribution in [1.82, 2.24) is 9.80 Å². The van der Waals surface area contributed by atoms with Crippen molar-refractivity contribution in [1.29, 1.82) is 0 Å². The minimum absolute atomic E-state index is 0.0381. The molecule has 43 heavy (non-hydrogen) atoms. The Kier molecular flexibility index (Phi) is 11.0. The van der Waals surface area contributed by atoms with Gasteiger partial charge >= 0.3 is 0 Å². The number of benzene rings is 3. The maximum atomic E-state index is 14.2. The van der Waals surface area contributed by atoms with Gasteiger partial charge in [-0.05, 0) is 85.2 Å². The molecule has 1 aliphatic carbocycles. The first kappa shape index (κ1) is 32.3. The van der Waals surface area contributed by atoms with Gasteiger partial charge in [0.05, 0.1) is 12.1 Å². The van der Waals surface area contributed by atoms with E-state index in [0.29, 0.717) is 17.7 Å². The number of nitrogens with zero attached hydrogens (tertiary/aromatic N) is 2. The maximum Gasteiger partial charge on any atom is 0.253 e. The van der Waals surface area contributed by atoms with Gasteiger partial charge in [0.15, 0.2) is 0 Å². The predicted octanol–water partition coefficient (Wildman–Crippen LogP) is 5.81. The zero-order valence-electron chi connectivity index (χ0n) is 25.4. The second-order valence-electron chi connectivity index (χ2n) is 11.9. The van der Waals surface area contributed by atoms with Gasteiger partial charge in [0.2, 0.25) is 5.91 Å². The van der Waals surface area contributed by atoms with E-state index in [1.54, 1.807) is 26.1 Å². The molecule has 2 amide bonds. The van der Waals surface area contributed by atoms with Gasteiger partial charge in [-0.2, -0.15) is 0 Å². The summed E-state index contributed by atoms with van der Waals surface area (Å²) in [5.41, 5.74) is 9.37. The summed E-state index contributed by atoms with van der Waals surface area (Å²) < 4.78 is 28.4. The lowest BCUT2D eigenvalue weighted by Gasteiger charge is -2.39. The molecule has 1 saturated carbocycles. The molecule has 0 spiro atoms. The van der Waals surface area contributed by atoms with E-state index in [1.165, 1.54) is 35.1 Å². The number of amides is 2. The Morgan fingerprint density at radius 3 is 2.23 bits per heavy atom. The zero-order valence-corrected chi connectivity index (χ0v) is 25.4. The van der Waals surface area contributed by atoms with Gasteiger partial charge in [0.1, 0.15) is 11.6 Å². The van der Waals surface area contributed by atoms with Crippen LogP contribution in [0.5, 0.6) is 0 Å². The molecule has 0 heterocycles. The monoisotopic (exact) mass is 591 g/mol. The molecule has 0 unspecified atom stereocenters. The van der Waals surface area contributed by atoms with Crippen LogP contribution >= 0.6 is 0 Å². The van der Waals surface area contributed by atoms with E-state index in [0.717, 1.165) is 43.7 Å². The Morgan fingerprint density at radius 1 is 0.930 bits per heavy atom. The number of carbonyl (C=O) groups is 2. The zero-order chi connectivity index (χ0) is 31.1. The van der Waals surface area contributed by atoms with Crippen LogP contribution in [0.2, 0.25) is 0 Å². The molecule has 2 atom stereocenters. The van der Waals surface area contributed by atoms with E-state index in [1.807, 2.05) is 0 Å². The van der Waals surface area contributed by atoms with E-state index in [2.05, 4.69) is 36.1 Å². The van der Waals surface area contributed by atoms with Crippen molar-refractivity contribution in [3.05, 3.63) is 106 Å². The van der Waals surface area contributed by atoms with Crippen LogP contribution in [0.25, 0.3) is 0 Å². The molecule has 0 aromatic heterocycles. The summed E-state index contributed by atoms with van der Waals surface area (Å²) in [6.07, 6.45) is 5.40. The average molecular weight is 592 g/mol. The second-order valence-corrected chi connectivity index (χ2v) is 11.9. The lowest BCUT2D eigenvalue weighted by Crippen LogP contribution is -2.52. The molecule has 0 aliphatic heterocycles. The Hall–Kier alpha value is -3.62. The minimum atomic E-state index is -1.03. The second kappa shape index (κ2) is 14.7. The Labute approximate surface area is 253 Å². The van der Waals surface area contributed by atoms with Crippen LogP contribution in [0.3, 0.4) is 0 Å². The molecule has 6 nitrogen and oxygen atoms in total. The third-order valence-electron chi connectivity index (χ3n) is 8.54. The number of aliphatic hydroxyl groups excluding tert-OH is 1. The molecule has 0 radical (unpaired) electrons. The topological polar surface area (TPSA) is 86.9 Å². The summed E-state index contributed by atoms with van der Waals surface area (Å²) in [7, 11) is 1.58. The molecule has 1 fully saturated rings. The molecule has 3 N–H and O–H groups in total. The van der Waals surface area contributed by atoms with Crippen molar-refractivity contribution in [3.8, 4) is 0 Å². The van der Waals surface area contributed by atoms with E-state index in [9.17, 15) is 23.5 Å². The number of aliphatic hydroxyl groups is 1. The van der Waals surface area contributed by atoms with E-state index < -0.39 is 35.6 Å². The highest BCUT2D eigenvalue weighted by Crippen LogP contribution is 2.26. The number of likely N-dealkylation sites (N-methyl/N-ethyl adjacent to an activating group) is 1. The van der Waals surface area contributed by atoms with Gasteiger partial charge in [-0.15, -0.1) is 0 Å². The van der Waals surface area contributed by atoms with Crippen LogP contribution in [0.4, 0.5) is 8.78 Å². The summed E-state index contributed by atoms with van der Waals surface area (Å²) >= 11 is 0. The largest absolute Gasteiger partial charge is 0.390 e. The van der Waals surface area contributed by atoms with Crippen LogP contribution < -0.4 is 5.73 Å². The van der Waals surface area contributed by atoms with Crippen LogP contribution in [0, 0.1) is 18.6 Å². The van der Waals surface area contributed by atoms with Crippen molar-refractivity contribution in [2.75, 3.05) is 13.6 Å². The van der Waals surface area contributed by atoms with Gasteiger partial charge < -0.3 is 15.7 Å². The summed E-state index contributed by atoms with van der Waals surface area (Å²) in [5, 5.41) is 11.9. The number of primary amides is 1. The Balaban J connectivity index is 1.66. The molecule has 1 aliphatic rings. The first-order valence-electron chi connectivity index (χ1n) is 15.2. The smallest absolute Gasteiger partial charge is 0.253 e. The fourth-order valence-electron chi connectivity index (χ4n) is 6.24. The van der Waals surface area contributed by atoms with E-state index in [-0.39, 0.29) is 30.1 Å². The molecule has 4 rings (SSSR count). The maximum absolute atomic E-state index is 14.2. The van der Waals surface area contributed by atoms with Gasteiger partial charge in [-0.25, -0.2) is 8.78 Å². The average Bonchev–Trinajstić information content (AvgIpc) is 2.98. The van der Waals surface area contributed by atoms with Gasteiger partial charge in [-0.1, -0.05) is 50.5 Å². The highest BCUT2D eigenvalue weighted by molar-refractivity contribution is 5.99. The molecule has 3 aromatic carbocycles. The van der Waals surface area contributed by atoms with Crippen molar-refractivity contribution in [3.63, 3.8) is 0 Å². The van der Waals surface area contributed by atoms with Crippen LogP contribution in [-0.2, 0) is 19.4 Å². The molecule has 8 heteroatoms. The lowest BCUT2D eigenvalue weighted by molar-refractivity contribution is 0.0133. The number of halogens is 2. The normalized spacial score (nSPS) is 15.3. The first-order chi connectivity index (χ1) is 20.5. The standard InChI is InChI=1S/C35H43F2N3O3/c1-4-24-9-8-10-25(15-24)21-40(31-11-6-5-7-12-31)22-33(41)32(18-26-16-29(36)20-30(37)17-26)39(3)35(43)28-14-23(2)13-27(19-28)34(38)42/h8-10,13-17,19-20,31-33,41H,4-7,11-12,18,21-22H2,1-3H3,(H2,38,42)/t32-,33+/m0/s1. The quantitative estimate of drug-likeness (QED) is 0.278. The van der Waals surface area contributed by atoms with Crippen LogP contribution in [0.1, 0.15) is 82.0 Å². The number of rotatable bonds is 12. The summed E-state index contributed by atoms with van der Waals surface area (Å²) in [6.45, 7) is 4.81. The van der Waals surface area contributed by atoms with E-state index in [4.69, 9.17) is 5.73 Å². The van der Waals surface area contributed by atoms with Gasteiger partial charge in [0.25, 0.3) is 5.91 Å². The number of hydrogen-bond acceptors (Lipinski definition) is 4. The van der Waals surface area contributed by atoms with Crippen molar-refractivity contribution in [2.24, 2.45) is 5.73 Å². The van der Waals surface area contributed by atoms with Gasteiger partial charge in [0, 0.05) is 43.4 Å². The van der Waals surface area contributed by atoms with Crippen molar-refractivity contribution < 1.29 is 23.5 Å². The Morgan fingerprint density at radius 2 is 1.58 bits per heavy atom. The number of hydrogen-bond donors (Lipinski definition) is 2. The summed E-state index contributed by atoms with van der Waals surface area (Å²) in [4.78, 5) is 29.4. The van der Waals surface area contributed by atoms with Gasteiger partial charge in [-0.3, -0.25) is 14.5 Å². The van der Waals surface area contributed by atoms with E-state index >= 15 is 0 Å². The minimum Gasteiger partial charge on any atom is -0.390 e. The lowest BCUT2D eigenvalue weighted by atomic mass is 9.92. The molecule has 3 aromatic rings. The van der Waals surface area contributed by atoms with Crippen molar-refractivity contribution >= 4 is 11.8 Å². The molecule has 230 valence electrons. The third-order valence-corrected chi connectivity index (χ3v) is 8.54. The highest BCUT2D eigenvalue weighted by atomic mass is 19.1. The fourth-order valence-corrected chi connectivity index (χ4v) is 6.24. The SMILES string of the molecule is CCc1cccc(CN(C[C@@H](O)[C@H](Cc2cc(F)cc(F)c2)N(C)C(=O)c2cc(C)cc(C(N)=O)c2)C2CCCCC2)c1. The number of carbonyl (C=O) groups excluding carboxylic acids is 2. The van der Waals surface area contributed by atoms with Crippen LogP contribution in [-0.4, -0.2) is 58.5 Å².